The van der Waals surface area contributed by atoms with Crippen LogP contribution >= 0.6 is 0 Å². The molecule has 3 heterocycles. The third kappa shape index (κ3) is 6.68. The molecule has 0 aliphatic heterocycles. The maximum Gasteiger partial charge on any atom is 0.0544 e. The Bertz CT molecular complexity index is 767. The second kappa shape index (κ2) is 11.1. The van der Waals surface area contributed by atoms with Crippen LogP contribution in [-0.4, -0.2) is 44.4 Å². The van der Waals surface area contributed by atoms with Gasteiger partial charge in [-0.1, -0.05) is 24.3 Å². The van der Waals surface area contributed by atoms with Gasteiger partial charge in [-0.15, -0.1) is 6.58 Å². The lowest BCUT2D eigenvalue weighted by molar-refractivity contribution is 0.194. The molecule has 0 N–H and O–H groups in total. The first kappa shape index (κ1) is 19.9. The molecule has 0 aliphatic rings. The highest BCUT2D eigenvalue weighted by molar-refractivity contribution is 5.07. The Balaban J connectivity index is 1.65. The van der Waals surface area contributed by atoms with E-state index >= 15 is 0 Å². The Kier molecular flexibility index (Phi) is 7.85. The van der Waals surface area contributed by atoms with Crippen molar-refractivity contribution in [2.75, 3.05) is 19.6 Å². The second-order valence-electron chi connectivity index (χ2n) is 6.70. The van der Waals surface area contributed by atoms with Gasteiger partial charge in [-0.2, -0.15) is 0 Å². The van der Waals surface area contributed by atoms with Crippen molar-refractivity contribution < 1.29 is 0 Å². The minimum absolute atomic E-state index is 0.795. The Morgan fingerprint density at radius 2 is 1.07 bits per heavy atom. The summed E-state index contributed by atoms with van der Waals surface area (Å²) >= 11 is 0. The van der Waals surface area contributed by atoms with E-state index in [1.54, 1.807) is 0 Å². The predicted octanol–water partition coefficient (Wildman–Crippen LogP) is 3.56. The van der Waals surface area contributed by atoms with E-state index in [1.165, 1.54) is 0 Å². The molecule has 0 amide bonds. The fourth-order valence-corrected chi connectivity index (χ4v) is 3.08. The average molecular weight is 374 g/mol. The topological polar surface area (TPSA) is 45.2 Å². The fraction of sp³-hybridized carbons (Fsp3) is 0.261. The van der Waals surface area contributed by atoms with Crippen molar-refractivity contribution in [3.8, 4) is 0 Å². The summed E-state index contributed by atoms with van der Waals surface area (Å²) in [6.07, 6.45) is 7.49. The fourth-order valence-electron chi connectivity index (χ4n) is 3.08. The molecule has 0 radical (unpaired) electrons. The normalized spacial score (nSPS) is 11.1. The van der Waals surface area contributed by atoms with Gasteiger partial charge in [0.15, 0.2) is 0 Å². The van der Waals surface area contributed by atoms with E-state index < -0.39 is 0 Å². The van der Waals surface area contributed by atoms with Crippen LogP contribution in [0.2, 0.25) is 0 Å². The Morgan fingerprint density at radius 1 is 0.643 bits per heavy atom. The lowest BCUT2D eigenvalue weighted by atomic mass is 10.2. The molecule has 0 aliphatic carbocycles. The van der Waals surface area contributed by atoms with E-state index in [-0.39, 0.29) is 0 Å². The first-order chi connectivity index (χ1) is 13.8. The highest BCUT2D eigenvalue weighted by Gasteiger charge is 2.12. The van der Waals surface area contributed by atoms with E-state index in [0.29, 0.717) is 0 Å². The Morgan fingerprint density at radius 3 is 1.46 bits per heavy atom. The molecule has 0 fully saturated rings. The number of nitrogens with zero attached hydrogens (tertiary/aromatic N) is 5. The van der Waals surface area contributed by atoms with Gasteiger partial charge in [0.1, 0.15) is 0 Å². The molecular formula is C23H27N5. The van der Waals surface area contributed by atoms with Gasteiger partial charge < -0.3 is 0 Å². The first-order valence-electron chi connectivity index (χ1n) is 9.59. The summed E-state index contributed by atoms with van der Waals surface area (Å²) in [5, 5.41) is 0. The predicted molar refractivity (Wildman–Crippen MR) is 112 cm³/mol. The second-order valence-corrected chi connectivity index (χ2v) is 6.70. The van der Waals surface area contributed by atoms with Gasteiger partial charge in [-0.25, -0.2) is 0 Å². The van der Waals surface area contributed by atoms with Gasteiger partial charge >= 0.3 is 0 Å². The van der Waals surface area contributed by atoms with Crippen molar-refractivity contribution in [1.29, 1.82) is 0 Å². The molecular weight excluding hydrogens is 346 g/mol. The van der Waals surface area contributed by atoms with Gasteiger partial charge in [0.2, 0.25) is 0 Å². The van der Waals surface area contributed by atoms with Crippen molar-refractivity contribution in [1.82, 2.24) is 24.8 Å². The van der Waals surface area contributed by atoms with Crippen LogP contribution in [-0.2, 0) is 19.6 Å². The molecule has 0 bridgehead atoms. The number of hydrogen-bond acceptors (Lipinski definition) is 5. The molecule has 144 valence electrons. The van der Waals surface area contributed by atoms with Crippen molar-refractivity contribution in [2.24, 2.45) is 0 Å². The van der Waals surface area contributed by atoms with E-state index in [4.69, 9.17) is 0 Å². The van der Waals surface area contributed by atoms with Crippen LogP contribution in [0.1, 0.15) is 17.1 Å². The van der Waals surface area contributed by atoms with Gasteiger partial charge in [0.05, 0.1) is 17.1 Å². The van der Waals surface area contributed by atoms with Crippen LogP contribution in [0.5, 0.6) is 0 Å². The number of hydrogen-bond donors (Lipinski definition) is 0. The van der Waals surface area contributed by atoms with Gasteiger partial charge in [-0.05, 0) is 36.4 Å². The van der Waals surface area contributed by atoms with Crippen molar-refractivity contribution in [2.45, 2.75) is 19.6 Å². The molecule has 0 spiro atoms. The minimum Gasteiger partial charge on any atom is -0.293 e. The van der Waals surface area contributed by atoms with E-state index in [9.17, 15) is 0 Å². The summed E-state index contributed by atoms with van der Waals surface area (Å²) in [5.74, 6) is 0. The zero-order valence-electron chi connectivity index (χ0n) is 16.2. The highest BCUT2D eigenvalue weighted by atomic mass is 15.2. The van der Waals surface area contributed by atoms with Crippen LogP contribution in [0.15, 0.2) is 85.8 Å². The summed E-state index contributed by atoms with van der Waals surface area (Å²) in [5.41, 5.74) is 3.21. The van der Waals surface area contributed by atoms with Crippen LogP contribution in [0.4, 0.5) is 0 Å². The molecule has 28 heavy (non-hydrogen) atoms. The van der Waals surface area contributed by atoms with Gasteiger partial charge in [0, 0.05) is 57.9 Å². The maximum atomic E-state index is 4.49. The summed E-state index contributed by atoms with van der Waals surface area (Å²) in [6.45, 7) is 8.97. The molecule has 0 unspecified atom stereocenters. The number of pyridine rings is 3. The van der Waals surface area contributed by atoms with E-state index in [2.05, 4.69) is 49.5 Å². The molecule has 5 heteroatoms. The SMILES string of the molecule is C=CCN(CCN(Cc1ccccn1)Cc1ccccn1)Cc1ccccn1. The number of rotatable bonds is 11. The summed E-state index contributed by atoms with van der Waals surface area (Å²) < 4.78 is 0. The first-order valence-corrected chi connectivity index (χ1v) is 9.59. The third-order valence-corrected chi connectivity index (χ3v) is 4.46. The molecule has 5 nitrogen and oxygen atoms in total. The quantitative estimate of drug-likeness (QED) is 0.481. The van der Waals surface area contributed by atoms with Crippen LogP contribution < -0.4 is 0 Å². The van der Waals surface area contributed by atoms with Crippen molar-refractivity contribution in [3.63, 3.8) is 0 Å². The zero-order valence-corrected chi connectivity index (χ0v) is 16.2. The maximum absolute atomic E-state index is 4.49. The largest absolute Gasteiger partial charge is 0.293 e. The summed E-state index contributed by atoms with van der Waals surface area (Å²) in [4.78, 5) is 18.2. The van der Waals surface area contributed by atoms with Gasteiger partial charge in [0.25, 0.3) is 0 Å². The molecule has 0 saturated carbocycles. The van der Waals surface area contributed by atoms with E-state index in [0.717, 1.165) is 56.4 Å². The number of aromatic nitrogens is 3. The average Bonchev–Trinajstić information content (AvgIpc) is 2.74. The monoisotopic (exact) mass is 373 g/mol. The van der Waals surface area contributed by atoms with Crippen molar-refractivity contribution in [3.05, 3.63) is 103 Å². The smallest absolute Gasteiger partial charge is 0.0544 e. The molecule has 3 aromatic rings. The molecule has 0 atom stereocenters. The Labute approximate surface area is 167 Å². The minimum atomic E-state index is 0.795. The lowest BCUT2D eigenvalue weighted by Crippen LogP contribution is -2.35. The standard InChI is InChI=1S/C23H27N5/c1-2-15-27(18-21-9-3-6-12-24-21)16-17-28(19-22-10-4-7-13-25-22)20-23-11-5-8-14-26-23/h2-14H,1,15-20H2. The molecule has 3 rings (SSSR count). The third-order valence-electron chi connectivity index (χ3n) is 4.46. The van der Waals surface area contributed by atoms with Crippen LogP contribution in [0.25, 0.3) is 0 Å². The Hall–Kier alpha value is -2.89. The molecule has 0 aromatic carbocycles. The molecule has 0 saturated heterocycles. The van der Waals surface area contributed by atoms with Crippen LogP contribution in [0.3, 0.4) is 0 Å². The summed E-state index contributed by atoms with van der Waals surface area (Å²) in [6, 6.07) is 18.2. The lowest BCUT2D eigenvalue weighted by Gasteiger charge is -2.26. The van der Waals surface area contributed by atoms with E-state index in [1.807, 2.05) is 61.1 Å². The van der Waals surface area contributed by atoms with Crippen molar-refractivity contribution >= 4 is 0 Å². The van der Waals surface area contributed by atoms with Gasteiger partial charge in [-0.3, -0.25) is 24.8 Å². The summed E-state index contributed by atoms with van der Waals surface area (Å²) in [7, 11) is 0. The molecule has 3 aromatic heterocycles. The van der Waals surface area contributed by atoms with Crippen LogP contribution in [0, 0.1) is 0 Å². The zero-order chi connectivity index (χ0) is 19.4. The highest BCUT2D eigenvalue weighted by Crippen LogP contribution is 2.08.